The Hall–Kier alpha value is 0. The summed E-state index contributed by atoms with van der Waals surface area (Å²) in [6.45, 7) is 4.60. The van der Waals surface area contributed by atoms with E-state index >= 15 is 0 Å². The maximum atomic E-state index is 2.57. The molecule has 0 saturated carbocycles. The monoisotopic (exact) mass is 379 g/mol. The third-order valence-electron chi connectivity index (χ3n) is 6.02. The zero-order chi connectivity index (χ0) is 19.7. The lowest BCUT2D eigenvalue weighted by molar-refractivity contribution is 0.539. The zero-order valence-electron chi connectivity index (χ0n) is 19.5. The fourth-order valence-corrected chi connectivity index (χ4v) is 4.05. The maximum absolute atomic E-state index is 2.57. The highest BCUT2D eigenvalue weighted by Crippen LogP contribution is 2.15. The normalized spacial score (nSPS) is 11.3. The van der Waals surface area contributed by atoms with Crippen molar-refractivity contribution in [1.29, 1.82) is 0 Å². The Labute approximate surface area is 174 Å². The van der Waals surface area contributed by atoms with Crippen LogP contribution in [0, 0.1) is 6.42 Å². The van der Waals surface area contributed by atoms with E-state index in [1.807, 2.05) is 0 Å². The fourth-order valence-electron chi connectivity index (χ4n) is 4.05. The number of hydrogen-bond acceptors (Lipinski definition) is 0. The van der Waals surface area contributed by atoms with Crippen LogP contribution in [0.1, 0.15) is 168 Å². The topological polar surface area (TPSA) is 0 Å². The number of rotatable bonds is 24. The predicted octanol–water partition coefficient (Wildman–Crippen LogP) is 10.6. The molecule has 0 N–H and O–H groups in total. The van der Waals surface area contributed by atoms with Gasteiger partial charge in [-0.25, -0.2) is 0 Å². The lowest BCUT2D eigenvalue weighted by atomic mass is 10.0. The summed E-state index contributed by atoms with van der Waals surface area (Å²) in [7, 11) is 0. The average molecular weight is 380 g/mol. The van der Waals surface area contributed by atoms with Crippen LogP contribution in [0.2, 0.25) is 0 Å². The first kappa shape index (κ1) is 27.0. The maximum Gasteiger partial charge on any atom is -0.0386 e. The van der Waals surface area contributed by atoms with Gasteiger partial charge in [0.25, 0.3) is 0 Å². The van der Waals surface area contributed by atoms with Gasteiger partial charge in [-0.05, 0) is 6.42 Å². The minimum absolute atomic E-state index is 1.37. The molecule has 0 heteroatoms. The Morgan fingerprint density at radius 3 is 0.778 bits per heavy atom. The summed E-state index contributed by atoms with van der Waals surface area (Å²) < 4.78 is 0. The molecule has 0 aliphatic carbocycles. The van der Waals surface area contributed by atoms with Crippen molar-refractivity contribution in [3.63, 3.8) is 0 Å². The molecule has 0 fully saturated rings. The van der Waals surface area contributed by atoms with E-state index in [0.717, 1.165) is 0 Å². The molecular weight excluding hydrogens is 324 g/mol. The van der Waals surface area contributed by atoms with Gasteiger partial charge in [0.15, 0.2) is 0 Å². The summed E-state index contributed by atoms with van der Waals surface area (Å²) in [6.07, 6.45) is 37.4. The first-order valence-electron chi connectivity index (χ1n) is 13.2. The molecule has 0 aromatic rings. The second-order valence-corrected chi connectivity index (χ2v) is 8.94. The lowest BCUT2D eigenvalue weighted by Gasteiger charge is -2.04. The molecule has 0 aromatic carbocycles. The lowest BCUT2D eigenvalue weighted by Crippen LogP contribution is -1.85. The van der Waals surface area contributed by atoms with Crippen LogP contribution in [-0.2, 0) is 0 Å². The van der Waals surface area contributed by atoms with Crippen molar-refractivity contribution in [2.24, 2.45) is 0 Å². The summed E-state index contributed by atoms with van der Waals surface area (Å²) in [5.41, 5.74) is 0. The SMILES string of the molecule is CCCCCCCCCCCC[CH]CCCCCCCCCCCCCC. The highest BCUT2D eigenvalue weighted by Gasteiger charge is 1.96. The van der Waals surface area contributed by atoms with Crippen LogP contribution in [0.4, 0.5) is 0 Å². The van der Waals surface area contributed by atoms with Crippen LogP contribution < -0.4 is 0 Å². The van der Waals surface area contributed by atoms with E-state index in [4.69, 9.17) is 0 Å². The van der Waals surface area contributed by atoms with Gasteiger partial charge in [-0.2, -0.15) is 0 Å². The van der Waals surface area contributed by atoms with Gasteiger partial charge in [0.05, 0.1) is 0 Å². The van der Waals surface area contributed by atoms with Crippen molar-refractivity contribution in [2.75, 3.05) is 0 Å². The quantitative estimate of drug-likeness (QED) is 0.146. The van der Waals surface area contributed by atoms with Gasteiger partial charge < -0.3 is 0 Å². The van der Waals surface area contributed by atoms with E-state index in [9.17, 15) is 0 Å². The molecule has 0 aliphatic heterocycles. The molecule has 0 unspecified atom stereocenters. The second-order valence-electron chi connectivity index (χ2n) is 8.94. The van der Waals surface area contributed by atoms with Gasteiger partial charge >= 0.3 is 0 Å². The molecule has 0 heterocycles. The van der Waals surface area contributed by atoms with E-state index in [1.165, 1.54) is 154 Å². The fraction of sp³-hybridized carbons (Fsp3) is 0.963. The molecule has 0 rings (SSSR count). The molecule has 27 heavy (non-hydrogen) atoms. The average Bonchev–Trinajstić information content (AvgIpc) is 2.68. The van der Waals surface area contributed by atoms with Gasteiger partial charge in [-0.1, -0.05) is 168 Å². The third-order valence-corrected chi connectivity index (χ3v) is 6.02. The Bertz CT molecular complexity index is 208. The van der Waals surface area contributed by atoms with E-state index in [-0.39, 0.29) is 0 Å². The highest BCUT2D eigenvalue weighted by atomic mass is 14.0. The number of unbranched alkanes of at least 4 members (excludes halogenated alkanes) is 24. The van der Waals surface area contributed by atoms with E-state index in [0.29, 0.717) is 0 Å². The van der Waals surface area contributed by atoms with Gasteiger partial charge in [0.2, 0.25) is 0 Å². The molecule has 0 aromatic heterocycles. The Balaban J connectivity index is 2.95. The summed E-state index contributed by atoms with van der Waals surface area (Å²) in [5, 5.41) is 0. The van der Waals surface area contributed by atoms with Gasteiger partial charge in [-0.15, -0.1) is 0 Å². The molecule has 0 amide bonds. The van der Waals surface area contributed by atoms with Crippen LogP contribution in [0.3, 0.4) is 0 Å². The second kappa shape index (κ2) is 26.0. The largest absolute Gasteiger partial charge is 0.0654 e. The van der Waals surface area contributed by atoms with E-state index in [2.05, 4.69) is 20.3 Å². The summed E-state index contributed by atoms with van der Waals surface area (Å²) >= 11 is 0. The van der Waals surface area contributed by atoms with Crippen LogP contribution in [0.25, 0.3) is 0 Å². The standard InChI is InChI=1S/C27H55/c1-3-5-7-9-11-13-15-17-19-21-23-25-27-26-24-22-20-18-16-14-12-10-8-6-4-2/h25H,3-24,26-27H2,1-2H3. The van der Waals surface area contributed by atoms with Gasteiger partial charge in [0.1, 0.15) is 0 Å². The molecule has 0 bridgehead atoms. The van der Waals surface area contributed by atoms with E-state index < -0.39 is 0 Å². The number of hydrogen-bond donors (Lipinski definition) is 0. The molecule has 0 spiro atoms. The van der Waals surface area contributed by atoms with Crippen LogP contribution in [-0.4, -0.2) is 0 Å². The zero-order valence-corrected chi connectivity index (χ0v) is 19.5. The smallest absolute Gasteiger partial charge is 0.0386 e. The van der Waals surface area contributed by atoms with Gasteiger partial charge in [-0.3, -0.25) is 0 Å². The summed E-state index contributed by atoms with van der Waals surface area (Å²) in [6, 6.07) is 0. The summed E-state index contributed by atoms with van der Waals surface area (Å²) in [5.74, 6) is 0. The molecular formula is C27H55. The Morgan fingerprint density at radius 2 is 0.519 bits per heavy atom. The van der Waals surface area contributed by atoms with Crippen molar-refractivity contribution < 1.29 is 0 Å². The molecule has 0 saturated heterocycles. The van der Waals surface area contributed by atoms with E-state index in [1.54, 1.807) is 0 Å². The molecule has 0 nitrogen and oxygen atoms in total. The van der Waals surface area contributed by atoms with Crippen molar-refractivity contribution in [3.05, 3.63) is 6.42 Å². The van der Waals surface area contributed by atoms with Crippen LogP contribution >= 0.6 is 0 Å². The van der Waals surface area contributed by atoms with Crippen molar-refractivity contribution >= 4 is 0 Å². The Kier molecular flexibility index (Phi) is 26.0. The molecule has 0 aliphatic rings. The Morgan fingerprint density at radius 1 is 0.296 bits per heavy atom. The first-order chi connectivity index (χ1) is 13.4. The summed E-state index contributed by atoms with van der Waals surface area (Å²) in [4.78, 5) is 0. The highest BCUT2D eigenvalue weighted by molar-refractivity contribution is 4.64. The van der Waals surface area contributed by atoms with Crippen molar-refractivity contribution in [2.45, 2.75) is 168 Å². The minimum Gasteiger partial charge on any atom is -0.0654 e. The van der Waals surface area contributed by atoms with Crippen LogP contribution in [0.5, 0.6) is 0 Å². The first-order valence-corrected chi connectivity index (χ1v) is 13.2. The van der Waals surface area contributed by atoms with Crippen molar-refractivity contribution in [1.82, 2.24) is 0 Å². The van der Waals surface area contributed by atoms with Gasteiger partial charge in [0, 0.05) is 0 Å². The molecule has 0 atom stereocenters. The van der Waals surface area contributed by atoms with Crippen molar-refractivity contribution in [3.8, 4) is 0 Å². The van der Waals surface area contributed by atoms with Crippen LogP contribution in [0.15, 0.2) is 0 Å². The molecule has 163 valence electrons. The predicted molar refractivity (Wildman–Crippen MR) is 126 cm³/mol. The third kappa shape index (κ3) is 26.0. The minimum atomic E-state index is 1.37. The molecule has 1 radical (unpaired) electrons.